The van der Waals surface area contributed by atoms with Gasteiger partial charge in [0, 0.05) is 12.1 Å². The van der Waals surface area contributed by atoms with Crippen molar-refractivity contribution in [2.24, 2.45) is 5.73 Å². The van der Waals surface area contributed by atoms with Crippen LogP contribution in [0.15, 0.2) is 36.4 Å². The Hall–Kier alpha value is -2.80. The number of nitrogens with one attached hydrogen (secondary N) is 1. The van der Waals surface area contributed by atoms with E-state index in [-0.39, 0.29) is 41.1 Å². The van der Waals surface area contributed by atoms with E-state index in [0.29, 0.717) is 0 Å². The minimum atomic E-state index is -0.667. The van der Waals surface area contributed by atoms with E-state index in [0.717, 1.165) is 5.56 Å². The second-order valence-electron chi connectivity index (χ2n) is 5.05. The molecule has 0 aliphatic heterocycles. The van der Waals surface area contributed by atoms with Crippen molar-refractivity contribution in [1.29, 1.82) is 0 Å². The third-order valence-corrected chi connectivity index (χ3v) is 3.50. The average molecular weight is 367 g/mol. The van der Waals surface area contributed by atoms with Crippen molar-refractivity contribution in [3.8, 4) is 11.5 Å². The number of hydrogen-bond donors (Lipinski definition) is 2. The summed E-state index contributed by atoms with van der Waals surface area (Å²) in [6.07, 6.45) is 0. The lowest BCUT2D eigenvalue weighted by molar-refractivity contribution is -0.119. The molecule has 0 saturated carbocycles. The predicted octanol–water partition coefficient (Wildman–Crippen LogP) is 2.28. The fourth-order valence-electron chi connectivity index (χ4n) is 2.02. The zero-order chi connectivity index (χ0) is 18.4. The van der Waals surface area contributed by atoms with Gasteiger partial charge in [0.15, 0.2) is 18.1 Å². The molecule has 0 atom stereocenters. The Balaban J connectivity index is 2.12. The lowest BCUT2D eigenvalue weighted by Gasteiger charge is -2.13. The first-order chi connectivity index (χ1) is 11.9. The van der Waals surface area contributed by atoms with Gasteiger partial charge in [-0.1, -0.05) is 23.7 Å². The molecular formula is C17H16ClFN2O4. The van der Waals surface area contributed by atoms with E-state index in [4.69, 9.17) is 26.8 Å². The Morgan fingerprint density at radius 3 is 2.52 bits per heavy atom. The van der Waals surface area contributed by atoms with E-state index in [1.54, 1.807) is 12.1 Å². The summed E-state index contributed by atoms with van der Waals surface area (Å²) in [7, 11) is 1.38. The minimum absolute atomic E-state index is 0.104. The molecule has 3 N–H and O–H groups in total. The molecule has 2 aromatic carbocycles. The van der Waals surface area contributed by atoms with Crippen LogP contribution in [0.4, 0.5) is 4.39 Å². The van der Waals surface area contributed by atoms with Gasteiger partial charge in [-0.2, -0.15) is 0 Å². The molecule has 0 bridgehead atoms. The molecule has 2 amide bonds. The Kier molecular flexibility index (Phi) is 6.19. The first-order valence-corrected chi connectivity index (χ1v) is 7.59. The number of methoxy groups -OCH3 is 1. The molecule has 0 fully saturated rings. The van der Waals surface area contributed by atoms with Gasteiger partial charge in [0.2, 0.25) is 0 Å². The van der Waals surface area contributed by atoms with Crippen LogP contribution < -0.4 is 20.5 Å². The van der Waals surface area contributed by atoms with Crippen molar-refractivity contribution in [2.75, 3.05) is 13.7 Å². The van der Waals surface area contributed by atoms with E-state index < -0.39 is 11.8 Å². The zero-order valence-corrected chi connectivity index (χ0v) is 14.1. The van der Waals surface area contributed by atoms with E-state index in [9.17, 15) is 14.0 Å². The smallest absolute Gasteiger partial charge is 0.255 e. The van der Waals surface area contributed by atoms with Crippen LogP contribution in [0.25, 0.3) is 0 Å². The number of halogens is 2. The van der Waals surface area contributed by atoms with Gasteiger partial charge in [-0.25, -0.2) is 4.39 Å². The Morgan fingerprint density at radius 2 is 1.92 bits per heavy atom. The molecule has 6 nitrogen and oxygen atoms in total. The quantitative estimate of drug-likeness (QED) is 0.786. The monoisotopic (exact) mass is 366 g/mol. The fraction of sp³-hybridized carbons (Fsp3) is 0.176. The van der Waals surface area contributed by atoms with Crippen LogP contribution in [-0.4, -0.2) is 25.5 Å². The van der Waals surface area contributed by atoms with E-state index in [1.165, 1.54) is 31.4 Å². The third kappa shape index (κ3) is 5.09. The highest BCUT2D eigenvalue weighted by molar-refractivity contribution is 6.32. The summed E-state index contributed by atoms with van der Waals surface area (Å²) in [6, 6.07) is 8.59. The molecule has 0 radical (unpaired) electrons. The van der Waals surface area contributed by atoms with Crippen LogP contribution in [0.5, 0.6) is 11.5 Å². The second kappa shape index (κ2) is 8.34. The predicted molar refractivity (Wildman–Crippen MR) is 90.3 cm³/mol. The molecular weight excluding hydrogens is 351 g/mol. The average Bonchev–Trinajstić information content (AvgIpc) is 2.59. The summed E-state index contributed by atoms with van der Waals surface area (Å²) >= 11 is 6.10. The van der Waals surface area contributed by atoms with Crippen LogP contribution >= 0.6 is 11.6 Å². The van der Waals surface area contributed by atoms with Crippen molar-refractivity contribution in [1.82, 2.24) is 5.32 Å². The van der Waals surface area contributed by atoms with Crippen molar-refractivity contribution >= 4 is 23.4 Å². The van der Waals surface area contributed by atoms with Crippen LogP contribution in [0.2, 0.25) is 5.02 Å². The molecule has 0 unspecified atom stereocenters. The van der Waals surface area contributed by atoms with Crippen LogP contribution in [-0.2, 0) is 11.3 Å². The molecule has 132 valence electrons. The summed E-state index contributed by atoms with van der Waals surface area (Å²) in [5, 5.41) is 2.80. The highest BCUT2D eigenvalue weighted by atomic mass is 35.5. The number of carbonyl (C=O) groups excluding carboxylic acids is 2. The highest BCUT2D eigenvalue weighted by Gasteiger charge is 2.16. The first kappa shape index (κ1) is 18.5. The number of nitrogens with two attached hydrogens (primary N) is 1. The number of benzene rings is 2. The summed E-state index contributed by atoms with van der Waals surface area (Å²) in [4.78, 5) is 23.1. The van der Waals surface area contributed by atoms with E-state index >= 15 is 0 Å². The Bertz CT molecular complexity index is 781. The van der Waals surface area contributed by atoms with Gasteiger partial charge in [-0.05, 0) is 29.8 Å². The molecule has 25 heavy (non-hydrogen) atoms. The topological polar surface area (TPSA) is 90.7 Å². The molecule has 0 aliphatic carbocycles. The maximum atomic E-state index is 12.9. The van der Waals surface area contributed by atoms with E-state index in [2.05, 4.69) is 5.32 Å². The van der Waals surface area contributed by atoms with E-state index in [1.807, 2.05) is 0 Å². The van der Waals surface area contributed by atoms with Gasteiger partial charge in [-0.15, -0.1) is 0 Å². The summed E-state index contributed by atoms with van der Waals surface area (Å²) in [6.45, 7) is -0.148. The molecule has 0 spiro atoms. The Morgan fingerprint density at radius 1 is 1.24 bits per heavy atom. The highest BCUT2D eigenvalue weighted by Crippen LogP contribution is 2.36. The largest absolute Gasteiger partial charge is 0.493 e. The molecule has 0 aromatic heterocycles. The zero-order valence-electron chi connectivity index (χ0n) is 13.3. The second-order valence-corrected chi connectivity index (χ2v) is 5.46. The summed E-state index contributed by atoms with van der Waals surface area (Å²) in [5.41, 5.74) is 6.02. The molecule has 2 rings (SSSR count). The number of rotatable bonds is 7. The van der Waals surface area contributed by atoms with Gasteiger partial charge in [-0.3, -0.25) is 9.59 Å². The number of hydrogen-bond acceptors (Lipinski definition) is 4. The standard InChI is InChI=1S/C17H16ClFN2O4/c1-24-14-7-11(6-13(18)16(14)25-9-15(20)22)17(23)21-8-10-2-4-12(19)5-3-10/h2-7H,8-9H2,1H3,(H2,20,22)(H,21,23). The molecule has 0 saturated heterocycles. The van der Waals surface area contributed by atoms with Crippen molar-refractivity contribution in [3.63, 3.8) is 0 Å². The van der Waals surface area contributed by atoms with Gasteiger partial charge < -0.3 is 20.5 Å². The molecule has 2 aromatic rings. The maximum absolute atomic E-state index is 12.9. The van der Waals surface area contributed by atoms with Crippen LogP contribution in [0.1, 0.15) is 15.9 Å². The summed E-state index contributed by atoms with van der Waals surface area (Å²) in [5.74, 6) is -1.10. The number of amides is 2. The van der Waals surface area contributed by atoms with Crippen LogP contribution in [0, 0.1) is 5.82 Å². The molecule has 0 aliphatic rings. The normalized spacial score (nSPS) is 10.2. The molecule has 8 heteroatoms. The lowest BCUT2D eigenvalue weighted by atomic mass is 10.1. The van der Waals surface area contributed by atoms with Crippen molar-refractivity contribution in [2.45, 2.75) is 6.54 Å². The van der Waals surface area contributed by atoms with Gasteiger partial charge >= 0.3 is 0 Å². The van der Waals surface area contributed by atoms with Gasteiger partial charge in [0.05, 0.1) is 12.1 Å². The fourth-order valence-corrected chi connectivity index (χ4v) is 2.29. The molecule has 0 heterocycles. The summed E-state index contributed by atoms with van der Waals surface area (Å²) < 4.78 is 23.2. The minimum Gasteiger partial charge on any atom is -0.493 e. The first-order valence-electron chi connectivity index (χ1n) is 7.22. The SMILES string of the molecule is COc1cc(C(=O)NCc2ccc(F)cc2)cc(Cl)c1OCC(N)=O. The third-order valence-electron chi connectivity index (χ3n) is 3.22. The maximum Gasteiger partial charge on any atom is 0.255 e. The number of ether oxygens (including phenoxy) is 2. The van der Waals surface area contributed by atoms with Crippen molar-refractivity contribution < 1.29 is 23.5 Å². The number of carbonyl (C=O) groups is 2. The van der Waals surface area contributed by atoms with Gasteiger partial charge in [0.1, 0.15) is 5.82 Å². The lowest BCUT2D eigenvalue weighted by Crippen LogP contribution is -2.23. The van der Waals surface area contributed by atoms with Gasteiger partial charge in [0.25, 0.3) is 11.8 Å². The Labute approximate surface area is 148 Å². The van der Waals surface area contributed by atoms with Crippen LogP contribution in [0.3, 0.4) is 0 Å². The number of primary amides is 1. The van der Waals surface area contributed by atoms with Crippen molar-refractivity contribution in [3.05, 3.63) is 58.4 Å².